The van der Waals surface area contributed by atoms with E-state index in [2.05, 4.69) is 28.2 Å². The van der Waals surface area contributed by atoms with Gasteiger partial charge in [-0.05, 0) is 65.7 Å². The van der Waals surface area contributed by atoms with Gasteiger partial charge in [-0.15, -0.1) is 0 Å². The lowest BCUT2D eigenvalue weighted by atomic mass is 9.84. The molecule has 0 aromatic heterocycles. The summed E-state index contributed by atoms with van der Waals surface area (Å²) in [5.74, 6) is 0.829. The summed E-state index contributed by atoms with van der Waals surface area (Å²) in [6.07, 6.45) is 5.76. The summed E-state index contributed by atoms with van der Waals surface area (Å²) in [4.78, 5) is 12.1. The Labute approximate surface area is 122 Å². The molecule has 1 fully saturated rings. The first-order valence-electron chi connectivity index (χ1n) is 6.89. The summed E-state index contributed by atoms with van der Waals surface area (Å²) in [7, 11) is 0. The minimum Gasteiger partial charge on any atom is -0.507 e. The number of aromatic hydroxyl groups is 1. The minimum absolute atomic E-state index is 0.0947. The molecule has 1 aliphatic carbocycles. The van der Waals surface area contributed by atoms with Crippen molar-refractivity contribution in [3.63, 3.8) is 0 Å². The van der Waals surface area contributed by atoms with E-state index in [1.807, 2.05) is 0 Å². The van der Waals surface area contributed by atoms with Crippen LogP contribution in [0.3, 0.4) is 0 Å². The van der Waals surface area contributed by atoms with Crippen LogP contribution in [0.1, 0.15) is 49.4 Å². The van der Waals surface area contributed by atoms with Crippen molar-refractivity contribution < 1.29 is 9.90 Å². The maximum Gasteiger partial charge on any atom is 0.251 e. The maximum absolute atomic E-state index is 12.1. The molecule has 1 saturated carbocycles. The van der Waals surface area contributed by atoms with Crippen molar-refractivity contribution in [3.05, 3.63) is 28.2 Å². The van der Waals surface area contributed by atoms with Gasteiger partial charge in [0.1, 0.15) is 5.75 Å². The van der Waals surface area contributed by atoms with Gasteiger partial charge in [0.25, 0.3) is 5.91 Å². The predicted molar refractivity (Wildman–Crippen MR) is 79.3 cm³/mol. The standard InChI is InChI=1S/C15H20BrNO2/c1-2-10-3-6-12(7-4-10)17-15(19)11-5-8-13(16)14(18)9-11/h5,8-10,12,18H,2-4,6-7H2,1H3,(H,17,19). The Balaban J connectivity index is 1.92. The highest BCUT2D eigenvalue weighted by Gasteiger charge is 2.21. The Bertz CT molecular complexity index is 453. The molecule has 0 bridgehead atoms. The zero-order valence-electron chi connectivity index (χ0n) is 11.2. The highest BCUT2D eigenvalue weighted by Crippen LogP contribution is 2.27. The van der Waals surface area contributed by atoms with E-state index < -0.39 is 0 Å². The number of carbonyl (C=O) groups is 1. The van der Waals surface area contributed by atoms with Crippen molar-refractivity contribution in [2.24, 2.45) is 5.92 Å². The lowest BCUT2D eigenvalue weighted by Gasteiger charge is -2.28. The van der Waals surface area contributed by atoms with Gasteiger partial charge >= 0.3 is 0 Å². The van der Waals surface area contributed by atoms with E-state index in [1.165, 1.54) is 25.3 Å². The Morgan fingerprint density at radius 3 is 2.63 bits per heavy atom. The van der Waals surface area contributed by atoms with E-state index in [0.29, 0.717) is 10.0 Å². The van der Waals surface area contributed by atoms with Crippen LogP contribution < -0.4 is 5.32 Å². The number of carbonyl (C=O) groups excluding carboxylic acids is 1. The van der Waals surface area contributed by atoms with Crippen LogP contribution in [0.4, 0.5) is 0 Å². The van der Waals surface area contributed by atoms with Gasteiger partial charge in [-0.3, -0.25) is 4.79 Å². The van der Waals surface area contributed by atoms with E-state index in [9.17, 15) is 9.90 Å². The first kappa shape index (κ1) is 14.4. The summed E-state index contributed by atoms with van der Waals surface area (Å²) < 4.78 is 0.604. The van der Waals surface area contributed by atoms with Gasteiger partial charge in [0.05, 0.1) is 4.47 Å². The molecule has 0 spiro atoms. The molecule has 104 valence electrons. The van der Waals surface area contributed by atoms with E-state index in [1.54, 1.807) is 12.1 Å². The molecule has 4 heteroatoms. The molecule has 0 heterocycles. The van der Waals surface area contributed by atoms with Crippen molar-refractivity contribution in [2.75, 3.05) is 0 Å². The van der Waals surface area contributed by atoms with Crippen LogP contribution in [0.15, 0.2) is 22.7 Å². The largest absolute Gasteiger partial charge is 0.507 e. The molecule has 1 aromatic carbocycles. The molecule has 0 radical (unpaired) electrons. The summed E-state index contributed by atoms with van der Waals surface area (Å²) in [5, 5.41) is 12.7. The van der Waals surface area contributed by atoms with Crippen molar-refractivity contribution in [1.29, 1.82) is 0 Å². The zero-order chi connectivity index (χ0) is 13.8. The summed E-state index contributed by atoms with van der Waals surface area (Å²) >= 11 is 3.21. The van der Waals surface area contributed by atoms with E-state index in [0.717, 1.165) is 18.8 Å². The second-order valence-corrected chi connectivity index (χ2v) is 6.12. The number of amides is 1. The number of benzene rings is 1. The average molecular weight is 326 g/mol. The number of nitrogens with one attached hydrogen (secondary N) is 1. The van der Waals surface area contributed by atoms with Crippen molar-refractivity contribution in [1.82, 2.24) is 5.32 Å². The van der Waals surface area contributed by atoms with Gasteiger partial charge in [0, 0.05) is 11.6 Å². The van der Waals surface area contributed by atoms with Crippen LogP contribution in [-0.2, 0) is 0 Å². The summed E-state index contributed by atoms with van der Waals surface area (Å²) in [5.41, 5.74) is 0.512. The molecule has 1 aliphatic rings. The monoisotopic (exact) mass is 325 g/mol. The smallest absolute Gasteiger partial charge is 0.251 e. The topological polar surface area (TPSA) is 49.3 Å². The van der Waals surface area contributed by atoms with E-state index in [4.69, 9.17) is 0 Å². The van der Waals surface area contributed by atoms with Crippen LogP contribution in [0.5, 0.6) is 5.75 Å². The van der Waals surface area contributed by atoms with Gasteiger partial charge in [-0.25, -0.2) is 0 Å². The second-order valence-electron chi connectivity index (χ2n) is 5.27. The van der Waals surface area contributed by atoms with Gasteiger partial charge in [-0.1, -0.05) is 13.3 Å². The lowest BCUT2D eigenvalue weighted by molar-refractivity contribution is 0.0921. The number of hydrogen-bond donors (Lipinski definition) is 2. The summed E-state index contributed by atoms with van der Waals surface area (Å²) in [6.45, 7) is 2.23. The number of phenolic OH excluding ortho intramolecular Hbond substituents is 1. The lowest BCUT2D eigenvalue weighted by Crippen LogP contribution is -2.37. The van der Waals surface area contributed by atoms with Crippen molar-refractivity contribution >= 4 is 21.8 Å². The van der Waals surface area contributed by atoms with Crippen LogP contribution >= 0.6 is 15.9 Å². The van der Waals surface area contributed by atoms with Crippen molar-refractivity contribution in [3.8, 4) is 5.75 Å². The molecule has 1 amide bonds. The number of hydrogen-bond acceptors (Lipinski definition) is 2. The molecule has 2 N–H and O–H groups in total. The maximum atomic E-state index is 12.1. The molecule has 3 nitrogen and oxygen atoms in total. The third-order valence-electron chi connectivity index (χ3n) is 3.97. The highest BCUT2D eigenvalue weighted by molar-refractivity contribution is 9.10. The molecule has 0 unspecified atom stereocenters. The molecular weight excluding hydrogens is 306 g/mol. The fourth-order valence-corrected chi connectivity index (χ4v) is 2.88. The Morgan fingerprint density at radius 2 is 2.05 bits per heavy atom. The molecule has 0 saturated heterocycles. The van der Waals surface area contributed by atoms with Gasteiger partial charge < -0.3 is 10.4 Å². The number of halogens is 1. The Kier molecular flexibility index (Phi) is 4.86. The SMILES string of the molecule is CCC1CCC(NC(=O)c2ccc(Br)c(O)c2)CC1. The number of phenols is 1. The molecule has 1 aromatic rings. The van der Waals surface area contributed by atoms with Gasteiger partial charge in [0.15, 0.2) is 0 Å². The zero-order valence-corrected chi connectivity index (χ0v) is 12.7. The van der Waals surface area contributed by atoms with Crippen LogP contribution in [-0.4, -0.2) is 17.1 Å². The second kappa shape index (κ2) is 6.42. The minimum atomic E-state index is -0.0947. The van der Waals surface area contributed by atoms with Crippen LogP contribution in [0.25, 0.3) is 0 Å². The van der Waals surface area contributed by atoms with E-state index >= 15 is 0 Å². The summed E-state index contributed by atoms with van der Waals surface area (Å²) in [6, 6.07) is 5.19. The number of rotatable bonds is 3. The normalized spacial score (nSPS) is 23.1. The fourth-order valence-electron chi connectivity index (χ4n) is 2.64. The molecule has 0 aliphatic heterocycles. The molecule has 19 heavy (non-hydrogen) atoms. The Morgan fingerprint density at radius 1 is 1.37 bits per heavy atom. The predicted octanol–water partition coefficient (Wildman–Crippen LogP) is 3.85. The van der Waals surface area contributed by atoms with Crippen molar-refractivity contribution in [2.45, 2.75) is 45.1 Å². The highest BCUT2D eigenvalue weighted by atomic mass is 79.9. The molecule has 2 rings (SSSR count). The molecule has 0 atom stereocenters. The Hall–Kier alpha value is -1.03. The third kappa shape index (κ3) is 3.72. The average Bonchev–Trinajstić information content (AvgIpc) is 2.42. The van der Waals surface area contributed by atoms with Gasteiger partial charge in [-0.2, -0.15) is 0 Å². The van der Waals surface area contributed by atoms with Crippen LogP contribution in [0.2, 0.25) is 0 Å². The van der Waals surface area contributed by atoms with Gasteiger partial charge in [0.2, 0.25) is 0 Å². The first-order valence-corrected chi connectivity index (χ1v) is 7.68. The first-order chi connectivity index (χ1) is 9.10. The molecular formula is C15H20BrNO2. The third-order valence-corrected chi connectivity index (χ3v) is 4.64. The quantitative estimate of drug-likeness (QED) is 0.886. The van der Waals surface area contributed by atoms with Crippen LogP contribution in [0, 0.1) is 5.92 Å². The van der Waals surface area contributed by atoms with E-state index in [-0.39, 0.29) is 17.7 Å². The fraction of sp³-hybridized carbons (Fsp3) is 0.533.